The van der Waals surface area contributed by atoms with Crippen LogP contribution in [0.1, 0.15) is 20.7 Å². The predicted octanol–water partition coefficient (Wildman–Crippen LogP) is 3.57. The monoisotopic (exact) mass is 333 g/mol. The summed E-state index contributed by atoms with van der Waals surface area (Å²) in [5.41, 5.74) is 1.83. The molecule has 4 rings (SSSR count). The zero-order valence-electron chi connectivity index (χ0n) is 12.8. The zero-order chi connectivity index (χ0) is 17.6. The molecule has 1 heterocycles. The van der Waals surface area contributed by atoms with Crippen molar-refractivity contribution in [3.63, 3.8) is 0 Å². The van der Waals surface area contributed by atoms with Gasteiger partial charge in [0.1, 0.15) is 0 Å². The number of carbonyl (C=O) groups excluding carboxylic acids is 2. The first-order valence-corrected chi connectivity index (χ1v) is 7.47. The highest BCUT2D eigenvalue weighted by Gasteiger charge is 2.23. The minimum absolute atomic E-state index is 0.150. The maximum atomic E-state index is 12.5. The number of benzene rings is 3. The fraction of sp³-hybridized carbons (Fsp3) is 0. The molecule has 2 N–H and O–H groups in total. The lowest BCUT2D eigenvalue weighted by Gasteiger charge is -2.10. The number of nitro groups is 1. The Kier molecular flexibility index (Phi) is 3.21. The summed E-state index contributed by atoms with van der Waals surface area (Å²) in [6.45, 7) is 0. The third-order valence-electron chi connectivity index (χ3n) is 4.10. The Morgan fingerprint density at radius 3 is 2.68 bits per heavy atom. The van der Waals surface area contributed by atoms with Crippen molar-refractivity contribution in [2.75, 3.05) is 10.6 Å². The van der Waals surface area contributed by atoms with Gasteiger partial charge in [0.05, 0.1) is 4.92 Å². The van der Waals surface area contributed by atoms with Crippen molar-refractivity contribution in [3.05, 3.63) is 75.8 Å². The highest BCUT2D eigenvalue weighted by Crippen LogP contribution is 2.37. The Balaban J connectivity index is 1.74. The van der Waals surface area contributed by atoms with Gasteiger partial charge < -0.3 is 10.6 Å². The summed E-state index contributed by atoms with van der Waals surface area (Å²) in [6, 6.07) is 14.2. The molecule has 7 heteroatoms. The SMILES string of the molecule is O=C(Nc1ccc2c3c(cccc13)C(=O)N2)c1cccc([N+](=O)[O-])c1. The fourth-order valence-electron chi connectivity index (χ4n) is 2.95. The molecule has 0 atom stereocenters. The fourth-order valence-corrected chi connectivity index (χ4v) is 2.95. The van der Waals surface area contributed by atoms with E-state index in [-0.39, 0.29) is 17.2 Å². The first-order chi connectivity index (χ1) is 12.0. The lowest BCUT2D eigenvalue weighted by molar-refractivity contribution is -0.384. The first-order valence-electron chi connectivity index (χ1n) is 7.47. The number of nitrogens with one attached hydrogen (secondary N) is 2. The number of amides is 2. The van der Waals surface area contributed by atoms with Crippen LogP contribution >= 0.6 is 0 Å². The van der Waals surface area contributed by atoms with Gasteiger partial charge in [-0.3, -0.25) is 19.7 Å². The van der Waals surface area contributed by atoms with Crippen LogP contribution in [0.5, 0.6) is 0 Å². The largest absolute Gasteiger partial charge is 0.321 e. The minimum Gasteiger partial charge on any atom is -0.321 e. The molecule has 0 unspecified atom stereocenters. The first kappa shape index (κ1) is 14.8. The molecule has 2 amide bonds. The van der Waals surface area contributed by atoms with E-state index in [4.69, 9.17) is 0 Å². The van der Waals surface area contributed by atoms with Gasteiger partial charge >= 0.3 is 0 Å². The van der Waals surface area contributed by atoms with E-state index in [1.807, 2.05) is 6.07 Å². The summed E-state index contributed by atoms with van der Waals surface area (Å²) in [5.74, 6) is -0.635. The van der Waals surface area contributed by atoms with Gasteiger partial charge in [-0.15, -0.1) is 0 Å². The normalized spacial score (nSPS) is 12.1. The molecule has 1 aliphatic rings. The Morgan fingerprint density at radius 2 is 1.88 bits per heavy atom. The van der Waals surface area contributed by atoms with E-state index in [0.717, 1.165) is 10.8 Å². The van der Waals surface area contributed by atoms with Crippen molar-refractivity contribution >= 4 is 39.6 Å². The van der Waals surface area contributed by atoms with Gasteiger partial charge in [-0.25, -0.2) is 0 Å². The second-order valence-electron chi connectivity index (χ2n) is 5.60. The van der Waals surface area contributed by atoms with Crippen LogP contribution in [-0.4, -0.2) is 16.7 Å². The molecule has 122 valence electrons. The van der Waals surface area contributed by atoms with Crippen LogP contribution in [0.15, 0.2) is 54.6 Å². The number of rotatable bonds is 3. The summed E-state index contributed by atoms with van der Waals surface area (Å²) >= 11 is 0. The molecule has 0 aliphatic carbocycles. The lowest BCUT2D eigenvalue weighted by atomic mass is 10.0. The van der Waals surface area contributed by atoms with Crippen LogP contribution in [0.3, 0.4) is 0 Å². The van der Waals surface area contributed by atoms with Gasteiger partial charge in [-0.1, -0.05) is 18.2 Å². The molecule has 0 radical (unpaired) electrons. The van der Waals surface area contributed by atoms with Crippen molar-refractivity contribution in [1.82, 2.24) is 0 Å². The topological polar surface area (TPSA) is 101 Å². The number of hydrogen-bond acceptors (Lipinski definition) is 4. The van der Waals surface area contributed by atoms with E-state index in [9.17, 15) is 19.7 Å². The van der Waals surface area contributed by atoms with Gasteiger partial charge in [0.15, 0.2) is 0 Å². The van der Waals surface area contributed by atoms with Gasteiger partial charge in [0.25, 0.3) is 17.5 Å². The van der Waals surface area contributed by atoms with E-state index >= 15 is 0 Å². The number of carbonyl (C=O) groups is 2. The maximum Gasteiger partial charge on any atom is 0.270 e. The molecule has 0 fully saturated rings. The number of hydrogen-bond donors (Lipinski definition) is 2. The molecule has 7 nitrogen and oxygen atoms in total. The van der Waals surface area contributed by atoms with Crippen LogP contribution in [-0.2, 0) is 0 Å². The molecule has 0 saturated heterocycles. The van der Waals surface area contributed by atoms with E-state index < -0.39 is 10.8 Å². The third kappa shape index (κ3) is 2.38. The molecule has 3 aromatic carbocycles. The summed E-state index contributed by atoms with van der Waals surface area (Å²) in [7, 11) is 0. The smallest absolute Gasteiger partial charge is 0.270 e. The van der Waals surface area contributed by atoms with Crippen molar-refractivity contribution in [1.29, 1.82) is 0 Å². The number of nitro benzene ring substituents is 1. The summed E-state index contributed by atoms with van der Waals surface area (Å²) in [5, 5.41) is 17.9. The standard InChI is InChI=1S/C18H11N3O4/c22-17(10-3-1-4-11(9-10)21(24)25)19-14-7-8-15-16-12(14)5-2-6-13(16)18(23)20-15/h1-9H,(H,19,22)(H,20,23). The second-order valence-corrected chi connectivity index (χ2v) is 5.60. The Hall–Kier alpha value is -3.74. The van der Waals surface area contributed by atoms with E-state index in [0.29, 0.717) is 16.9 Å². The molecular weight excluding hydrogens is 322 g/mol. The van der Waals surface area contributed by atoms with Gasteiger partial charge in [0, 0.05) is 45.4 Å². The molecule has 25 heavy (non-hydrogen) atoms. The molecule has 3 aromatic rings. The van der Waals surface area contributed by atoms with Gasteiger partial charge in [0.2, 0.25) is 0 Å². The van der Waals surface area contributed by atoms with E-state index in [1.165, 1.54) is 24.3 Å². The van der Waals surface area contributed by atoms with Crippen LogP contribution in [0.4, 0.5) is 17.1 Å². The summed E-state index contributed by atoms with van der Waals surface area (Å²) < 4.78 is 0. The Morgan fingerprint density at radius 1 is 1.08 bits per heavy atom. The van der Waals surface area contributed by atoms with Crippen LogP contribution in [0, 0.1) is 10.1 Å². The molecule has 0 spiro atoms. The van der Waals surface area contributed by atoms with Crippen LogP contribution in [0.2, 0.25) is 0 Å². The van der Waals surface area contributed by atoms with Crippen molar-refractivity contribution < 1.29 is 14.5 Å². The average molecular weight is 333 g/mol. The average Bonchev–Trinajstić information content (AvgIpc) is 2.95. The van der Waals surface area contributed by atoms with Crippen molar-refractivity contribution in [3.8, 4) is 0 Å². The van der Waals surface area contributed by atoms with E-state index in [1.54, 1.807) is 24.3 Å². The van der Waals surface area contributed by atoms with Gasteiger partial charge in [-0.2, -0.15) is 0 Å². The number of nitrogens with zero attached hydrogens (tertiary/aromatic N) is 1. The molecule has 1 aliphatic heterocycles. The van der Waals surface area contributed by atoms with Crippen LogP contribution < -0.4 is 10.6 Å². The van der Waals surface area contributed by atoms with Crippen molar-refractivity contribution in [2.24, 2.45) is 0 Å². The molecule has 0 aromatic heterocycles. The highest BCUT2D eigenvalue weighted by atomic mass is 16.6. The Bertz CT molecular complexity index is 1080. The van der Waals surface area contributed by atoms with Crippen molar-refractivity contribution in [2.45, 2.75) is 0 Å². The maximum absolute atomic E-state index is 12.5. The molecular formula is C18H11N3O4. The Labute approximate surface area is 141 Å². The molecule has 0 bridgehead atoms. The molecule has 0 saturated carbocycles. The second kappa shape index (κ2) is 5.41. The minimum atomic E-state index is -0.549. The summed E-state index contributed by atoms with van der Waals surface area (Å²) in [6.07, 6.45) is 0. The highest BCUT2D eigenvalue weighted by molar-refractivity contribution is 6.26. The van der Waals surface area contributed by atoms with Crippen LogP contribution in [0.25, 0.3) is 10.8 Å². The summed E-state index contributed by atoms with van der Waals surface area (Å²) in [4.78, 5) is 34.7. The number of non-ortho nitro benzene ring substituents is 1. The number of anilines is 2. The third-order valence-corrected chi connectivity index (χ3v) is 4.10. The predicted molar refractivity (Wildman–Crippen MR) is 93.0 cm³/mol. The van der Waals surface area contributed by atoms with Gasteiger partial charge in [-0.05, 0) is 24.3 Å². The quantitative estimate of drug-likeness (QED) is 0.565. The lowest BCUT2D eigenvalue weighted by Crippen LogP contribution is -2.12. The van der Waals surface area contributed by atoms with E-state index in [2.05, 4.69) is 10.6 Å². The zero-order valence-corrected chi connectivity index (χ0v) is 12.8.